The predicted molar refractivity (Wildman–Crippen MR) is 90.4 cm³/mol. The van der Waals surface area contributed by atoms with Gasteiger partial charge in [0.15, 0.2) is 0 Å². The minimum Gasteiger partial charge on any atom is -0.346 e. The minimum atomic E-state index is -3.89. The summed E-state index contributed by atoms with van der Waals surface area (Å²) >= 11 is 0. The first-order valence-electron chi connectivity index (χ1n) is 7.48. The van der Waals surface area contributed by atoms with Gasteiger partial charge in [0, 0.05) is 18.4 Å². The van der Waals surface area contributed by atoms with Crippen molar-refractivity contribution in [3.63, 3.8) is 0 Å². The molecule has 6 heteroatoms. The number of hydrogen-bond donors (Lipinski definition) is 1. The average Bonchev–Trinajstić information content (AvgIpc) is 3.01. The molecule has 1 aromatic heterocycles. The van der Waals surface area contributed by atoms with E-state index in [-0.39, 0.29) is 11.4 Å². The van der Waals surface area contributed by atoms with Crippen LogP contribution in [-0.4, -0.2) is 13.0 Å². The molecule has 1 heterocycles. The largest absolute Gasteiger partial charge is 0.346 e. The van der Waals surface area contributed by atoms with E-state index in [1.54, 1.807) is 0 Å². The van der Waals surface area contributed by atoms with Crippen LogP contribution in [0.4, 0.5) is 4.39 Å². The third-order valence-electron chi connectivity index (χ3n) is 3.69. The highest BCUT2D eigenvalue weighted by atomic mass is 32.2. The van der Waals surface area contributed by atoms with Crippen LogP contribution >= 0.6 is 0 Å². The van der Waals surface area contributed by atoms with E-state index in [4.69, 9.17) is 0 Å². The standard InChI is InChI=1S/C18H17FN2O2S/c19-17-10-4-5-11-18(17)24(22,23)20-13-16-9-6-12-21(16)14-15-7-2-1-3-8-15/h1-12,20H,13-14H2. The van der Waals surface area contributed by atoms with E-state index >= 15 is 0 Å². The van der Waals surface area contributed by atoms with E-state index in [9.17, 15) is 12.8 Å². The molecule has 4 nitrogen and oxygen atoms in total. The maximum atomic E-state index is 13.7. The number of halogens is 1. The number of aromatic nitrogens is 1. The number of nitrogens with one attached hydrogen (secondary N) is 1. The van der Waals surface area contributed by atoms with Crippen LogP contribution in [0.5, 0.6) is 0 Å². The molecule has 0 aliphatic heterocycles. The molecule has 0 radical (unpaired) electrons. The Morgan fingerprint density at radius 3 is 2.38 bits per heavy atom. The second-order valence-electron chi connectivity index (χ2n) is 5.37. The molecular weight excluding hydrogens is 327 g/mol. The lowest BCUT2D eigenvalue weighted by molar-refractivity contribution is 0.555. The van der Waals surface area contributed by atoms with E-state index in [1.165, 1.54) is 18.2 Å². The predicted octanol–water partition coefficient (Wildman–Crippen LogP) is 3.15. The van der Waals surface area contributed by atoms with Crippen LogP contribution in [0, 0.1) is 5.82 Å². The summed E-state index contributed by atoms with van der Waals surface area (Å²) in [6, 6.07) is 18.9. The molecule has 124 valence electrons. The topological polar surface area (TPSA) is 51.1 Å². The monoisotopic (exact) mass is 344 g/mol. The lowest BCUT2D eigenvalue weighted by atomic mass is 10.2. The van der Waals surface area contributed by atoms with Gasteiger partial charge in [0.05, 0.1) is 6.54 Å². The van der Waals surface area contributed by atoms with Crippen molar-refractivity contribution < 1.29 is 12.8 Å². The average molecular weight is 344 g/mol. The van der Waals surface area contributed by atoms with Crippen LogP contribution < -0.4 is 4.72 Å². The Bertz CT molecular complexity index is 921. The van der Waals surface area contributed by atoms with Gasteiger partial charge in [-0.25, -0.2) is 17.5 Å². The van der Waals surface area contributed by atoms with Gasteiger partial charge in [-0.3, -0.25) is 0 Å². The molecule has 0 amide bonds. The molecule has 2 aromatic carbocycles. The molecule has 1 N–H and O–H groups in total. The molecule has 0 bridgehead atoms. The number of hydrogen-bond acceptors (Lipinski definition) is 2. The zero-order chi connectivity index (χ0) is 17.0. The van der Waals surface area contributed by atoms with Crippen molar-refractivity contribution in [1.82, 2.24) is 9.29 Å². The van der Waals surface area contributed by atoms with Gasteiger partial charge in [0.2, 0.25) is 10.0 Å². The van der Waals surface area contributed by atoms with Gasteiger partial charge in [0.25, 0.3) is 0 Å². The maximum absolute atomic E-state index is 13.7. The highest BCUT2D eigenvalue weighted by Crippen LogP contribution is 2.14. The molecule has 3 rings (SSSR count). The summed E-state index contributed by atoms with van der Waals surface area (Å²) in [5, 5.41) is 0. The molecule has 0 aliphatic rings. The molecular formula is C18H17FN2O2S. The Kier molecular flexibility index (Phi) is 4.78. The molecule has 0 saturated carbocycles. The molecule has 0 spiro atoms. The second kappa shape index (κ2) is 6.98. The molecule has 0 aliphatic carbocycles. The quantitative estimate of drug-likeness (QED) is 0.747. The summed E-state index contributed by atoms with van der Waals surface area (Å²) in [7, 11) is -3.89. The van der Waals surface area contributed by atoms with Crippen molar-refractivity contribution in [2.45, 2.75) is 18.0 Å². The Labute approximate surface area is 140 Å². The van der Waals surface area contributed by atoms with Crippen molar-refractivity contribution in [1.29, 1.82) is 0 Å². The Hall–Kier alpha value is -2.44. The third kappa shape index (κ3) is 3.72. The normalized spacial score (nSPS) is 11.5. The fourth-order valence-electron chi connectivity index (χ4n) is 2.45. The summed E-state index contributed by atoms with van der Waals surface area (Å²) in [6.07, 6.45) is 1.89. The Morgan fingerprint density at radius 1 is 0.917 bits per heavy atom. The van der Waals surface area contributed by atoms with Crippen LogP contribution in [0.25, 0.3) is 0 Å². The zero-order valence-corrected chi connectivity index (χ0v) is 13.7. The van der Waals surface area contributed by atoms with Gasteiger partial charge >= 0.3 is 0 Å². The highest BCUT2D eigenvalue weighted by molar-refractivity contribution is 7.89. The summed E-state index contributed by atoms with van der Waals surface area (Å²) in [5.41, 5.74) is 1.92. The van der Waals surface area contributed by atoms with Crippen LogP contribution in [0.1, 0.15) is 11.3 Å². The van der Waals surface area contributed by atoms with E-state index in [1.807, 2.05) is 53.2 Å². The molecule has 24 heavy (non-hydrogen) atoms. The summed E-state index contributed by atoms with van der Waals surface area (Å²) in [5.74, 6) is -0.760. The van der Waals surface area contributed by atoms with Gasteiger partial charge in [-0.05, 0) is 29.8 Å². The van der Waals surface area contributed by atoms with Crippen LogP contribution in [0.2, 0.25) is 0 Å². The molecule has 3 aromatic rings. The summed E-state index contributed by atoms with van der Waals surface area (Å²) < 4.78 is 42.6. The fourth-order valence-corrected chi connectivity index (χ4v) is 3.53. The zero-order valence-electron chi connectivity index (χ0n) is 12.9. The minimum absolute atomic E-state index is 0.0938. The Balaban J connectivity index is 1.74. The summed E-state index contributed by atoms with van der Waals surface area (Å²) in [4.78, 5) is -0.342. The van der Waals surface area contributed by atoms with Gasteiger partial charge in [-0.2, -0.15) is 0 Å². The van der Waals surface area contributed by atoms with Gasteiger partial charge < -0.3 is 4.57 Å². The lowest BCUT2D eigenvalue weighted by Gasteiger charge is -2.11. The van der Waals surface area contributed by atoms with E-state index < -0.39 is 15.8 Å². The smallest absolute Gasteiger partial charge is 0.243 e. The number of rotatable bonds is 6. The van der Waals surface area contributed by atoms with Crippen molar-refractivity contribution in [3.05, 3.63) is 90.0 Å². The first-order valence-corrected chi connectivity index (χ1v) is 8.97. The van der Waals surface area contributed by atoms with E-state index in [0.717, 1.165) is 17.3 Å². The lowest BCUT2D eigenvalue weighted by Crippen LogP contribution is -2.25. The van der Waals surface area contributed by atoms with Crippen LogP contribution in [0.15, 0.2) is 77.8 Å². The van der Waals surface area contributed by atoms with Crippen molar-refractivity contribution in [2.24, 2.45) is 0 Å². The van der Waals surface area contributed by atoms with Gasteiger partial charge in [-0.15, -0.1) is 0 Å². The van der Waals surface area contributed by atoms with Crippen molar-refractivity contribution in [2.75, 3.05) is 0 Å². The Morgan fingerprint density at radius 2 is 1.62 bits per heavy atom. The number of sulfonamides is 1. The van der Waals surface area contributed by atoms with E-state index in [0.29, 0.717) is 6.54 Å². The molecule has 0 fully saturated rings. The van der Waals surface area contributed by atoms with Crippen LogP contribution in [0.3, 0.4) is 0 Å². The maximum Gasteiger partial charge on any atom is 0.243 e. The second-order valence-corrected chi connectivity index (χ2v) is 7.10. The van der Waals surface area contributed by atoms with Gasteiger partial charge in [-0.1, -0.05) is 42.5 Å². The van der Waals surface area contributed by atoms with Crippen LogP contribution in [-0.2, 0) is 23.1 Å². The summed E-state index contributed by atoms with van der Waals surface area (Å²) in [6.45, 7) is 0.737. The van der Waals surface area contributed by atoms with Gasteiger partial charge in [0.1, 0.15) is 10.7 Å². The van der Waals surface area contributed by atoms with Crippen molar-refractivity contribution in [3.8, 4) is 0 Å². The van der Waals surface area contributed by atoms with Crippen molar-refractivity contribution >= 4 is 10.0 Å². The highest BCUT2D eigenvalue weighted by Gasteiger charge is 2.18. The van der Waals surface area contributed by atoms with E-state index in [2.05, 4.69) is 4.72 Å². The molecule has 0 saturated heterocycles. The number of benzene rings is 2. The SMILES string of the molecule is O=S(=O)(NCc1cccn1Cc1ccccc1)c1ccccc1F. The molecule has 0 atom stereocenters. The first kappa shape index (κ1) is 16.4. The third-order valence-corrected chi connectivity index (χ3v) is 5.12. The number of nitrogens with zero attached hydrogens (tertiary/aromatic N) is 1. The fraction of sp³-hybridized carbons (Fsp3) is 0.111. The first-order chi connectivity index (χ1) is 11.6. The molecule has 0 unspecified atom stereocenters.